The number of ether oxygens (including phenoxy) is 2. The standard InChI is InChI=1S/C16H14ClFO3/c1-2-20-16(19)10-21-15-8-5-12(9-14(15)17)11-3-6-13(18)7-4-11/h3-9H,2,10H2,1H3. The molecule has 5 heteroatoms. The van der Waals surface area contributed by atoms with Crippen LogP contribution < -0.4 is 4.74 Å². The van der Waals surface area contributed by atoms with Crippen molar-refractivity contribution in [2.24, 2.45) is 0 Å². The molecule has 2 rings (SSSR count). The second kappa shape index (κ2) is 7.09. The summed E-state index contributed by atoms with van der Waals surface area (Å²) in [6.45, 7) is 1.84. The first-order chi connectivity index (χ1) is 10.1. The van der Waals surface area contributed by atoms with Crippen molar-refractivity contribution >= 4 is 17.6 Å². The Kier molecular flexibility index (Phi) is 5.17. The fourth-order valence-electron chi connectivity index (χ4n) is 1.78. The number of rotatable bonds is 5. The Morgan fingerprint density at radius 3 is 2.43 bits per heavy atom. The first-order valence-corrected chi connectivity index (χ1v) is 6.82. The van der Waals surface area contributed by atoms with Crippen molar-refractivity contribution in [3.8, 4) is 16.9 Å². The van der Waals surface area contributed by atoms with Crippen molar-refractivity contribution in [2.45, 2.75) is 6.92 Å². The molecule has 0 N–H and O–H groups in total. The van der Waals surface area contributed by atoms with Crippen LogP contribution in [-0.2, 0) is 9.53 Å². The predicted molar refractivity (Wildman–Crippen MR) is 79.0 cm³/mol. The van der Waals surface area contributed by atoms with Gasteiger partial charge in [-0.15, -0.1) is 0 Å². The molecule has 0 bridgehead atoms. The highest BCUT2D eigenvalue weighted by molar-refractivity contribution is 6.32. The SMILES string of the molecule is CCOC(=O)COc1ccc(-c2ccc(F)cc2)cc1Cl. The average Bonchev–Trinajstić information content (AvgIpc) is 2.47. The highest BCUT2D eigenvalue weighted by Crippen LogP contribution is 2.30. The van der Waals surface area contributed by atoms with Crippen molar-refractivity contribution in [1.82, 2.24) is 0 Å². The minimum Gasteiger partial charge on any atom is -0.480 e. The minimum atomic E-state index is -0.448. The molecule has 21 heavy (non-hydrogen) atoms. The zero-order chi connectivity index (χ0) is 15.2. The summed E-state index contributed by atoms with van der Waals surface area (Å²) in [5, 5.41) is 0.376. The quantitative estimate of drug-likeness (QED) is 0.781. The number of carbonyl (C=O) groups excluding carboxylic acids is 1. The zero-order valence-corrected chi connectivity index (χ0v) is 12.2. The van der Waals surface area contributed by atoms with E-state index in [1.54, 1.807) is 37.3 Å². The van der Waals surface area contributed by atoms with Crippen LogP contribution in [0.3, 0.4) is 0 Å². The molecule has 0 saturated carbocycles. The fourth-order valence-corrected chi connectivity index (χ4v) is 2.01. The van der Waals surface area contributed by atoms with Crippen LogP contribution >= 0.6 is 11.6 Å². The van der Waals surface area contributed by atoms with Gasteiger partial charge in [-0.1, -0.05) is 29.8 Å². The monoisotopic (exact) mass is 308 g/mol. The van der Waals surface area contributed by atoms with Gasteiger partial charge >= 0.3 is 5.97 Å². The summed E-state index contributed by atoms with van der Waals surface area (Å²) in [6, 6.07) is 11.3. The van der Waals surface area contributed by atoms with E-state index in [1.165, 1.54) is 12.1 Å². The van der Waals surface area contributed by atoms with Gasteiger partial charge in [-0.25, -0.2) is 9.18 Å². The molecule has 0 saturated heterocycles. The van der Waals surface area contributed by atoms with Crippen LogP contribution in [-0.4, -0.2) is 19.2 Å². The highest BCUT2D eigenvalue weighted by Gasteiger charge is 2.08. The molecule has 110 valence electrons. The predicted octanol–water partition coefficient (Wildman–Crippen LogP) is 4.09. The lowest BCUT2D eigenvalue weighted by Gasteiger charge is -2.09. The Hall–Kier alpha value is -2.07. The average molecular weight is 309 g/mol. The van der Waals surface area contributed by atoms with Crippen LogP contribution in [0, 0.1) is 5.82 Å². The van der Waals surface area contributed by atoms with Gasteiger partial charge in [-0.3, -0.25) is 0 Å². The van der Waals surface area contributed by atoms with Crippen molar-refractivity contribution in [3.05, 3.63) is 53.3 Å². The van der Waals surface area contributed by atoms with E-state index >= 15 is 0 Å². The molecule has 0 heterocycles. The summed E-state index contributed by atoms with van der Waals surface area (Å²) in [5.74, 6) is -0.342. The summed E-state index contributed by atoms with van der Waals surface area (Å²) in [7, 11) is 0. The molecule has 0 aliphatic carbocycles. The van der Waals surface area contributed by atoms with Gasteiger partial charge in [0.1, 0.15) is 11.6 Å². The Morgan fingerprint density at radius 1 is 1.14 bits per heavy atom. The maximum absolute atomic E-state index is 12.9. The third-order valence-corrected chi connectivity index (χ3v) is 3.06. The third-order valence-electron chi connectivity index (χ3n) is 2.76. The lowest BCUT2D eigenvalue weighted by molar-refractivity contribution is -0.145. The summed E-state index contributed by atoms with van der Waals surface area (Å²) in [5.41, 5.74) is 1.68. The number of esters is 1. The molecule has 0 fully saturated rings. The Labute approximate surface area is 127 Å². The van der Waals surface area contributed by atoms with E-state index in [4.69, 9.17) is 21.1 Å². The second-order valence-corrected chi connectivity index (χ2v) is 4.65. The van der Waals surface area contributed by atoms with Crippen LogP contribution in [0.5, 0.6) is 5.75 Å². The van der Waals surface area contributed by atoms with Gasteiger partial charge in [0.2, 0.25) is 0 Å². The van der Waals surface area contributed by atoms with Crippen LogP contribution in [0.25, 0.3) is 11.1 Å². The van der Waals surface area contributed by atoms with Crippen LogP contribution in [0.1, 0.15) is 6.92 Å². The van der Waals surface area contributed by atoms with E-state index in [9.17, 15) is 9.18 Å². The molecule has 0 aromatic heterocycles. The van der Waals surface area contributed by atoms with Gasteiger partial charge in [0.05, 0.1) is 11.6 Å². The Morgan fingerprint density at radius 2 is 1.81 bits per heavy atom. The normalized spacial score (nSPS) is 10.2. The molecule has 2 aromatic carbocycles. The highest BCUT2D eigenvalue weighted by atomic mass is 35.5. The second-order valence-electron chi connectivity index (χ2n) is 4.25. The number of hydrogen-bond donors (Lipinski definition) is 0. The van der Waals surface area contributed by atoms with Gasteiger partial charge in [-0.2, -0.15) is 0 Å². The minimum absolute atomic E-state index is 0.191. The number of hydrogen-bond acceptors (Lipinski definition) is 3. The lowest BCUT2D eigenvalue weighted by Crippen LogP contribution is -2.14. The Bertz CT molecular complexity index is 626. The molecular formula is C16H14ClFO3. The van der Waals surface area contributed by atoms with Gasteiger partial charge in [-0.05, 0) is 42.3 Å². The molecule has 0 atom stereocenters. The Balaban J connectivity index is 2.10. The first-order valence-electron chi connectivity index (χ1n) is 6.44. The molecule has 0 radical (unpaired) electrons. The molecule has 0 aliphatic rings. The molecule has 3 nitrogen and oxygen atoms in total. The largest absolute Gasteiger partial charge is 0.480 e. The molecule has 0 spiro atoms. The maximum Gasteiger partial charge on any atom is 0.344 e. The van der Waals surface area contributed by atoms with E-state index in [2.05, 4.69) is 0 Å². The number of halogens is 2. The van der Waals surface area contributed by atoms with Crippen LogP contribution in [0.4, 0.5) is 4.39 Å². The van der Waals surface area contributed by atoms with E-state index in [0.717, 1.165) is 11.1 Å². The number of benzene rings is 2. The van der Waals surface area contributed by atoms with Gasteiger partial charge in [0.25, 0.3) is 0 Å². The molecular weight excluding hydrogens is 295 g/mol. The first kappa shape index (κ1) is 15.3. The third kappa shape index (κ3) is 4.20. The van der Waals surface area contributed by atoms with Crippen molar-refractivity contribution < 1.29 is 18.7 Å². The van der Waals surface area contributed by atoms with Gasteiger partial charge in [0.15, 0.2) is 6.61 Å². The van der Waals surface area contributed by atoms with Crippen molar-refractivity contribution in [2.75, 3.05) is 13.2 Å². The van der Waals surface area contributed by atoms with Gasteiger partial charge in [0, 0.05) is 0 Å². The summed E-state index contributed by atoms with van der Waals surface area (Å²) in [4.78, 5) is 11.2. The van der Waals surface area contributed by atoms with Crippen LogP contribution in [0.15, 0.2) is 42.5 Å². The smallest absolute Gasteiger partial charge is 0.344 e. The molecule has 0 unspecified atom stereocenters. The lowest BCUT2D eigenvalue weighted by atomic mass is 10.1. The summed E-state index contributed by atoms with van der Waals surface area (Å²) >= 11 is 6.12. The van der Waals surface area contributed by atoms with E-state index in [0.29, 0.717) is 17.4 Å². The van der Waals surface area contributed by atoms with E-state index < -0.39 is 5.97 Å². The van der Waals surface area contributed by atoms with Crippen molar-refractivity contribution in [3.63, 3.8) is 0 Å². The summed E-state index contributed by atoms with van der Waals surface area (Å²) < 4.78 is 23.0. The zero-order valence-electron chi connectivity index (χ0n) is 11.4. The topological polar surface area (TPSA) is 35.5 Å². The van der Waals surface area contributed by atoms with E-state index in [-0.39, 0.29) is 12.4 Å². The molecule has 2 aromatic rings. The van der Waals surface area contributed by atoms with Crippen molar-refractivity contribution in [1.29, 1.82) is 0 Å². The molecule has 0 amide bonds. The maximum atomic E-state index is 12.9. The van der Waals surface area contributed by atoms with Crippen LogP contribution in [0.2, 0.25) is 5.02 Å². The fraction of sp³-hybridized carbons (Fsp3) is 0.188. The van der Waals surface area contributed by atoms with Gasteiger partial charge < -0.3 is 9.47 Å². The number of carbonyl (C=O) groups is 1. The van der Waals surface area contributed by atoms with E-state index in [1.807, 2.05) is 0 Å². The summed E-state index contributed by atoms with van der Waals surface area (Å²) in [6.07, 6.45) is 0. The molecule has 0 aliphatic heterocycles.